The number of rotatable bonds is 3. The van der Waals surface area contributed by atoms with Gasteiger partial charge in [0.2, 0.25) is 0 Å². The Kier molecular flexibility index (Phi) is 5.58. The number of thioether (sulfide) groups is 2. The van der Waals surface area contributed by atoms with Crippen LogP contribution in [-0.2, 0) is 0 Å². The molecular weight excluding hydrogens is 305 g/mol. The Hall–Kier alpha value is 0.460. The highest BCUT2D eigenvalue weighted by Crippen LogP contribution is 2.41. The fourth-order valence-corrected chi connectivity index (χ4v) is 5.68. The smallest absolute Gasteiger partial charge is 0.0640 e. The first-order chi connectivity index (χ1) is 8.65. The lowest BCUT2D eigenvalue weighted by Gasteiger charge is -2.35. The third-order valence-corrected chi connectivity index (χ3v) is 7.22. The van der Waals surface area contributed by atoms with Crippen molar-refractivity contribution in [2.24, 2.45) is 0 Å². The molecule has 18 heavy (non-hydrogen) atoms. The van der Waals surface area contributed by atoms with Gasteiger partial charge in [0.05, 0.1) is 10.0 Å². The normalized spacial score (nSPS) is 26.0. The average Bonchev–Trinajstić information content (AvgIpc) is 2.37. The van der Waals surface area contributed by atoms with Crippen LogP contribution >= 0.6 is 46.7 Å². The number of hydrogen-bond acceptors (Lipinski definition) is 3. The Morgan fingerprint density at radius 3 is 2.67 bits per heavy atom. The fourth-order valence-electron chi connectivity index (χ4n) is 2.27. The van der Waals surface area contributed by atoms with E-state index in [1.807, 2.05) is 42.7 Å². The third-order valence-electron chi connectivity index (χ3n) is 3.19. The highest BCUT2D eigenvalue weighted by Gasteiger charge is 2.31. The molecule has 2 rings (SSSR count). The summed E-state index contributed by atoms with van der Waals surface area (Å²) < 4.78 is 0. The summed E-state index contributed by atoms with van der Waals surface area (Å²) in [5, 5.41) is 5.88. The minimum absolute atomic E-state index is 0.254. The highest BCUT2D eigenvalue weighted by molar-refractivity contribution is 8.07. The van der Waals surface area contributed by atoms with Crippen molar-refractivity contribution in [2.45, 2.75) is 23.5 Å². The Morgan fingerprint density at radius 2 is 2.00 bits per heavy atom. The molecule has 0 aliphatic carbocycles. The summed E-state index contributed by atoms with van der Waals surface area (Å²) in [7, 11) is 1.99. The van der Waals surface area contributed by atoms with E-state index in [2.05, 4.69) is 18.3 Å². The van der Waals surface area contributed by atoms with Crippen molar-refractivity contribution in [1.29, 1.82) is 0 Å². The van der Waals surface area contributed by atoms with Crippen molar-refractivity contribution in [2.75, 3.05) is 18.6 Å². The van der Waals surface area contributed by atoms with Gasteiger partial charge in [0, 0.05) is 28.0 Å². The predicted octanol–water partition coefficient (Wildman–Crippen LogP) is 4.49. The maximum atomic E-state index is 6.35. The largest absolute Gasteiger partial charge is 0.312 e. The maximum absolute atomic E-state index is 6.35. The van der Waals surface area contributed by atoms with Gasteiger partial charge in [-0.15, -0.1) is 0 Å². The van der Waals surface area contributed by atoms with E-state index in [-0.39, 0.29) is 6.04 Å². The van der Waals surface area contributed by atoms with Crippen molar-refractivity contribution in [3.8, 4) is 0 Å². The van der Waals surface area contributed by atoms with E-state index in [0.29, 0.717) is 20.5 Å². The molecule has 3 unspecified atom stereocenters. The quantitative estimate of drug-likeness (QED) is 0.880. The van der Waals surface area contributed by atoms with Crippen molar-refractivity contribution >= 4 is 46.7 Å². The monoisotopic (exact) mass is 321 g/mol. The van der Waals surface area contributed by atoms with Crippen LogP contribution in [0.25, 0.3) is 0 Å². The summed E-state index contributed by atoms with van der Waals surface area (Å²) in [4.78, 5) is 0. The summed E-state index contributed by atoms with van der Waals surface area (Å²) in [5.74, 6) is 2.44. The molecule has 1 N–H and O–H groups in total. The van der Waals surface area contributed by atoms with Gasteiger partial charge in [-0.2, -0.15) is 23.5 Å². The van der Waals surface area contributed by atoms with E-state index >= 15 is 0 Å². The number of hydrogen-bond donors (Lipinski definition) is 1. The minimum Gasteiger partial charge on any atom is -0.312 e. The van der Waals surface area contributed by atoms with Crippen molar-refractivity contribution in [1.82, 2.24) is 5.32 Å². The fraction of sp³-hybridized carbons (Fsp3) is 0.538. The second-order valence-electron chi connectivity index (χ2n) is 4.32. The lowest BCUT2D eigenvalue weighted by molar-refractivity contribution is 0.561. The van der Waals surface area contributed by atoms with Crippen LogP contribution in [0.15, 0.2) is 18.2 Å². The van der Waals surface area contributed by atoms with Crippen molar-refractivity contribution in [3.05, 3.63) is 33.8 Å². The molecule has 0 radical (unpaired) electrons. The van der Waals surface area contributed by atoms with Gasteiger partial charge >= 0.3 is 0 Å². The molecule has 1 nitrogen and oxygen atoms in total. The Labute approximate surface area is 127 Å². The van der Waals surface area contributed by atoms with Gasteiger partial charge in [0.15, 0.2) is 0 Å². The van der Waals surface area contributed by atoms with Gasteiger partial charge in [0.1, 0.15) is 0 Å². The van der Waals surface area contributed by atoms with Gasteiger partial charge in [-0.3, -0.25) is 0 Å². The van der Waals surface area contributed by atoms with Gasteiger partial charge in [-0.1, -0.05) is 42.3 Å². The van der Waals surface area contributed by atoms with Crippen LogP contribution in [0.4, 0.5) is 0 Å². The minimum atomic E-state index is 0.254. The van der Waals surface area contributed by atoms with Gasteiger partial charge in [-0.25, -0.2) is 0 Å². The Bertz CT molecular complexity index is 414. The van der Waals surface area contributed by atoms with E-state index in [9.17, 15) is 0 Å². The van der Waals surface area contributed by atoms with E-state index in [0.717, 1.165) is 5.56 Å². The third kappa shape index (κ3) is 3.13. The molecule has 3 atom stereocenters. The van der Waals surface area contributed by atoms with Gasteiger partial charge in [-0.05, 0) is 18.7 Å². The molecular formula is C13H17Cl2NS2. The van der Waals surface area contributed by atoms with E-state index in [1.165, 1.54) is 11.5 Å². The molecule has 1 fully saturated rings. The maximum Gasteiger partial charge on any atom is 0.0640 e. The Morgan fingerprint density at radius 1 is 1.28 bits per heavy atom. The zero-order valence-corrected chi connectivity index (χ0v) is 13.6. The van der Waals surface area contributed by atoms with Crippen LogP contribution in [0.5, 0.6) is 0 Å². The molecule has 0 bridgehead atoms. The molecule has 1 heterocycles. The number of halogens is 2. The van der Waals surface area contributed by atoms with E-state index in [4.69, 9.17) is 23.2 Å². The summed E-state index contributed by atoms with van der Waals surface area (Å²) in [5.41, 5.74) is 1.11. The standard InChI is InChI=1S/C13H17Cl2NS2/c1-8-13(18-7-6-17-8)12(16-2)9-4-3-5-10(14)11(9)15/h3-5,8,12-13,16H,6-7H2,1-2H3. The molecule has 0 aromatic heterocycles. The second-order valence-corrected chi connectivity index (χ2v) is 7.88. The van der Waals surface area contributed by atoms with Gasteiger partial charge in [0.25, 0.3) is 0 Å². The molecule has 0 amide bonds. The molecule has 1 aliphatic rings. The first-order valence-electron chi connectivity index (χ1n) is 5.99. The summed E-state index contributed by atoms with van der Waals surface area (Å²) in [6.07, 6.45) is 0. The van der Waals surface area contributed by atoms with Crippen LogP contribution in [0, 0.1) is 0 Å². The second kappa shape index (κ2) is 6.76. The first-order valence-corrected chi connectivity index (χ1v) is 8.85. The van der Waals surface area contributed by atoms with Crippen molar-refractivity contribution < 1.29 is 0 Å². The highest BCUT2D eigenvalue weighted by atomic mass is 35.5. The molecule has 1 aliphatic heterocycles. The van der Waals surface area contributed by atoms with Crippen molar-refractivity contribution in [3.63, 3.8) is 0 Å². The van der Waals surface area contributed by atoms with Gasteiger partial charge < -0.3 is 5.32 Å². The lowest BCUT2D eigenvalue weighted by atomic mass is 10.0. The van der Waals surface area contributed by atoms with Crippen LogP contribution in [0.2, 0.25) is 10.0 Å². The van der Waals surface area contributed by atoms with E-state index < -0.39 is 0 Å². The predicted molar refractivity (Wildman–Crippen MR) is 86.4 cm³/mol. The number of nitrogens with one attached hydrogen (secondary N) is 1. The summed E-state index contributed by atoms with van der Waals surface area (Å²) in [6, 6.07) is 6.14. The zero-order chi connectivity index (χ0) is 13.1. The summed E-state index contributed by atoms with van der Waals surface area (Å²) >= 11 is 16.5. The van der Waals surface area contributed by atoms with E-state index in [1.54, 1.807) is 0 Å². The molecule has 1 saturated heterocycles. The molecule has 100 valence electrons. The van der Waals surface area contributed by atoms with Crippen LogP contribution in [-0.4, -0.2) is 29.1 Å². The van der Waals surface area contributed by atoms with Crippen LogP contribution in [0.1, 0.15) is 18.5 Å². The zero-order valence-electron chi connectivity index (χ0n) is 10.5. The SMILES string of the molecule is CNC(c1cccc(Cl)c1Cl)C1SCCSC1C. The molecule has 5 heteroatoms. The summed E-state index contributed by atoms with van der Waals surface area (Å²) in [6.45, 7) is 2.30. The topological polar surface area (TPSA) is 12.0 Å². The number of benzene rings is 1. The molecule has 1 aromatic rings. The molecule has 0 saturated carbocycles. The van der Waals surface area contributed by atoms with Crippen LogP contribution in [0.3, 0.4) is 0 Å². The molecule has 0 spiro atoms. The average molecular weight is 322 g/mol. The first kappa shape index (κ1) is 14.9. The van der Waals surface area contributed by atoms with Crippen LogP contribution < -0.4 is 5.32 Å². The Balaban J connectivity index is 2.29. The lowest BCUT2D eigenvalue weighted by Crippen LogP contribution is -2.36. The molecule has 1 aromatic carbocycles.